The highest BCUT2D eigenvalue weighted by Crippen LogP contribution is 2.31. The minimum Gasteiger partial charge on any atom is -0.497 e. The number of nitrogens with one attached hydrogen (secondary N) is 1. The summed E-state index contributed by atoms with van der Waals surface area (Å²) in [5.41, 5.74) is 4.83. The highest BCUT2D eigenvalue weighted by atomic mass is 16.5. The maximum Gasteiger partial charge on any atom is 0.253 e. The predicted molar refractivity (Wildman–Crippen MR) is 112 cm³/mol. The van der Waals surface area contributed by atoms with Crippen LogP contribution in [-0.2, 0) is 6.42 Å². The highest BCUT2D eigenvalue weighted by molar-refractivity contribution is 5.98. The fourth-order valence-electron chi connectivity index (χ4n) is 3.96. The molecule has 0 aliphatic carbocycles. The topological polar surface area (TPSA) is 54.5 Å². The first-order valence-corrected chi connectivity index (χ1v) is 9.65. The number of para-hydroxylation sites is 1. The summed E-state index contributed by atoms with van der Waals surface area (Å²) in [6.45, 7) is 5.49. The molecule has 0 fully saturated rings. The average molecular weight is 375 g/mol. The van der Waals surface area contributed by atoms with Crippen molar-refractivity contribution in [2.24, 2.45) is 0 Å². The number of hydrogen-bond acceptors (Lipinski definition) is 4. The number of ether oxygens (including phenoxy) is 1. The number of carbonyl (C=O) groups excluding carboxylic acids is 1. The third-order valence-electron chi connectivity index (χ3n) is 5.45. The first-order chi connectivity index (χ1) is 13.6. The van der Waals surface area contributed by atoms with Gasteiger partial charge in [0.05, 0.1) is 23.9 Å². The number of hydrogen-bond donors (Lipinski definition) is 1. The summed E-state index contributed by atoms with van der Waals surface area (Å²) in [4.78, 5) is 19.7. The fourth-order valence-corrected chi connectivity index (χ4v) is 3.96. The van der Waals surface area contributed by atoms with E-state index in [0.29, 0.717) is 18.2 Å². The Hall–Kier alpha value is -3.08. The Morgan fingerprint density at radius 3 is 2.89 bits per heavy atom. The largest absolute Gasteiger partial charge is 0.497 e. The van der Waals surface area contributed by atoms with Crippen LogP contribution in [0.3, 0.4) is 0 Å². The minimum atomic E-state index is -0.0807. The molecule has 0 radical (unpaired) electrons. The lowest BCUT2D eigenvalue weighted by Crippen LogP contribution is -2.38. The van der Waals surface area contributed by atoms with Gasteiger partial charge >= 0.3 is 0 Å². The van der Waals surface area contributed by atoms with Crippen LogP contribution in [-0.4, -0.2) is 37.1 Å². The van der Waals surface area contributed by atoms with Crippen molar-refractivity contribution in [3.05, 3.63) is 65.4 Å². The number of rotatable bonds is 5. The van der Waals surface area contributed by atoms with Crippen molar-refractivity contribution in [2.75, 3.05) is 25.1 Å². The maximum atomic E-state index is 12.7. The first kappa shape index (κ1) is 18.3. The lowest BCUT2D eigenvalue weighted by atomic mass is 10.1. The van der Waals surface area contributed by atoms with Crippen molar-refractivity contribution in [1.29, 1.82) is 0 Å². The number of carbonyl (C=O) groups is 1. The number of benzene rings is 2. The molecular formula is C23H25N3O2. The van der Waals surface area contributed by atoms with Gasteiger partial charge in [-0.2, -0.15) is 0 Å². The molecule has 1 N–H and O–H groups in total. The van der Waals surface area contributed by atoms with Crippen LogP contribution in [0.5, 0.6) is 5.75 Å². The average Bonchev–Trinajstić information content (AvgIpc) is 3.02. The molecule has 1 amide bonds. The van der Waals surface area contributed by atoms with E-state index in [1.54, 1.807) is 7.11 Å². The Bertz CT molecular complexity index is 1030. The molecule has 2 heterocycles. The van der Waals surface area contributed by atoms with Gasteiger partial charge < -0.3 is 15.0 Å². The molecule has 5 heteroatoms. The number of pyridine rings is 1. The molecule has 1 aliphatic rings. The molecule has 1 aliphatic heterocycles. The normalized spacial score (nSPS) is 15.5. The van der Waals surface area contributed by atoms with E-state index in [1.807, 2.05) is 31.2 Å². The lowest BCUT2D eigenvalue weighted by molar-refractivity contribution is 0.0953. The van der Waals surface area contributed by atoms with Crippen LogP contribution >= 0.6 is 0 Å². The molecule has 4 rings (SSSR count). The molecule has 0 bridgehead atoms. The van der Waals surface area contributed by atoms with Crippen molar-refractivity contribution in [1.82, 2.24) is 10.3 Å². The van der Waals surface area contributed by atoms with Gasteiger partial charge in [0, 0.05) is 36.3 Å². The lowest BCUT2D eigenvalue weighted by Gasteiger charge is -2.25. The zero-order valence-electron chi connectivity index (χ0n) is 16.5. The van der Waals surface area contributed by atoms with E-state index in [-0.39, 0.29) is 5.91 Å². The number of amides is 1. The van der Waals surface area contributed by atoms with E-state index in [4.69, 9.17) is 4.74 Å². The van der Waals surface area contributed by atoms with Crippen LogP contribution in [0.15, 0.2) is 48.5 Å². The van der Waals surface area contributed by atoms with Crippen molar-refractivity contribution >= 4 is 22.5 Å². The molecule has 0 spiro atoms. The van der Waals surface area contributed by atoms with Crippen LogP contribution in [0.25, 0.3) is 10.9 Å². The molecule has 0 saturated carbocycles. The molecule has 0 saturated heterocycles. The van der Waals surface area contributed by atoms with E-state index in [2.05, 4.69) is 46.4 Å². The number of fused-ring (bicyclic) bond motifs is 2. The molecule has 1 atom stereocenters. The van der Waals surface area contributed by atoms with E-state index >= 15 is 0 Å². The SMILES string of the molecule is COc1ccc2cc(C(=O)NCCN3c4ccccc4C[C@H]3C)c(C)nc2c1. The summed E-state index contributed by atoms with van der Waals surface area (Å²) in [6, 6.07) is 16.6. The number of methoxy groups -OCH3 is 1. The third kappa shape index (κ3) is 3.40. The Kier molecular flexibility index (Phi) is 4.90. The number of aryl methyl sites for hydroxylation is 1. The van der Waals surface area contributed by atoms with Crippen molar-refractivity contribution in [2.45, 2.75) is 26.3 Å². The van der Waals surface area contributed by atoms with Gasteiger partial charge in [0.15, 0.2) is 0 Å². The fraction of sp³-hybridized carbons (Fsp3) is 0.304. The smallest absolute Gasteiger partial charge is 0.253 e. The molecule has 2 aromatic carbocycles. The Balaban J connectivity index is 1.45. The summed E-state index contributed by atoms with van der Waals surface area (Å²) < 4.78 is 5.25. The monoisotopic (exact) mass is 375 g/mol. The molecule has 1 aromatic heterocycles. The second-order valence-electron chi connectivity index (χ2n) is 7.31. The van der Waals surface area contributed by atoms with E-state index < -0.39 is 0 Å². The maximum absolute atomic E-state index is 12.7. The zero-order chi connectivity index (χ0) is 19.7. The van der Waals surface area contributed by atoms with Gasteiger partial charge in [0.1, 0.15) is 5.75 Å². The molecule has 5 nitrogen and oxygen atoms in total. The molecule has 28 heavy (non-hydrogen) atoms. The zero-order valence-corrected chi connectivity index (χ0v) is 16.5. The standard InChI is InChI=1S/C23H25N3O2/c1-15-12-18-6-4-5-7-22(18)26(15)11-10-24-23(27)20-13-17-8-9-19(28-3)14-21(17)25-16(20)2/h4-9,13-15H,10-12H2,1-3H3,(H,24,27)/t15-/m1/s1. The van der Waals surface area contributed by atoms with Gasteiger partial charge in [0.25, 0.3) is 5.91 Å². The van der Waals surface area contributed by atoms with Gasteiger partial charge in [-0.3, -0.25) is 9.78 Å². The summed E-state index contributed by atoms with van der Waals surface area (Å²) in [7, 11) is 1.63. The minimum absolute atomic E-state index is 0.0807. The Labute approximate surface area is 165 Å². The van der Waals surface area contributed by atoms with Crippen LogP contribution < -0.4 is 15.0 Å². The summed E-state index contributed by atoms with van der Waals surface area (Å²) in [5, 5.41) is 3.99. The molecule has 3 aromatic rings. The second kappa shape index (κ2) is 7.50. The molecule has 0 unspecified atom stereocenters. The molecule has 144 valence electrons. The molecular weight excluding hydrogens is 350 g/mol. The van der Waals surface area contributed by atoms with E-state index in [1.165, 1.54) is 11.3 Å². The summed E-state index contributed by atoms with van der Waals surface area (Å²) in [5.74, 6) is 0.680. The second-order valence-corrected chi connectivity index (χ2v) is 7.31. The highest BCUT2D eigenvalue weighted by Gasteiger charge is 2.25. The summed E-state index contributed by atoms with van der Waals surface area (Å²) >= 11 is 0. The van der Waals surface area contributed by atoms with Gasteiger partial charge in [-0.25, -0.2) is 0 Å². The van der Waals surface area contributed by atoms with Crippen molar-refractivity contribution in [3.8, 4) is 5.75 Å². The van der Waals surface area contributed by atoms with E-state index in [9.17, 15) is 4.79 Å². The quantitative estimate of drug-likeness (QED) is 0.738. The van der Waals surface area contributed by atoms with Gasteiger partial charge in [-0.05, 0) is 50.1 Å². The van der Waals surface area contributed by atoms with Crippen LogP contribution in [0, 0.1) is 6.92 Å². The van der Waals surface area contributed by atoms with Crippen LogP contribution in [0.1, 0.15) is 28.5 Å². The van der Waals surface area contributed by atoms with E-state index in [0.717, 1.165) is 35.3 Å². The Morgan fingerprint density at radius 2 is 2.07 bits per heavy atom. The van der Waals surface area contributed by atoms with Gasteiger partial charge in [-0.15, -0.1) is 0 Å². The van der Waals surface area contributed by atoms with Gasteiger partial charge in [-0.1, -0.05) is 18.2 Å². The Morgan fingerprint density at radius 1 is 1.25 bits per heavy atom. The number of anilines is 1. The number of aromatic nitrogens is 1. The van der Waals surface area contributed by atoms with Gasteiger partial charge in [0.2, 0.25) is 0 Å². The first-order valence-electron chi connectivity index (χ1n) is 9.65. The predicted octanol–water partition coefficient (Wildman–Crippen LogP) is 3.73. The number of nitrogens with zero attached hydrogens (tertiary/aromatic N) is 2. The van der Waals surface area contributed by atoms with Crippen molar-refractivity contribution in [3.63, 3.8) is 0 Å². The summed E-state index contributed by atoms with van der Waals surface area (Å²) in [6.07, 6.45) is 1.06. The van der Waals surface area contributed by atoms with Crippen molar-refractivity contribution < 1.29 is 9.53 Å². The van der Waals surface area contributed by atoms with Crippen LogP contribution in [0.4, 0.5) is 5.69 Å². The third-order valence-corrected chi connectivity index (χ3v) is 5.45. The van der Waals surface area contributed by atoms with Crippen LogP contribution in [0.2, 0.25) is 0 Å².